The molecule has 0 aliphatic heterocycles. The molecule has 0 saturated heterocycles. The molecule has 0 aliphatic carbocycles. The molecule has 23 heavy (non-hydrogen) atoms. The summed E-state index contributed by atoms with van der Waals surface area (Å²) in [5, 5.41) is 0. The molecular formula is C18H15BrO3S. The van der Waals surface area contributed by atoms with Crippen LogP contribution in [0.5, 0.6) is 0 Å². The Morgan fingerprint density at radius 1 is 0.913 bits per heavy atom. The fraction of sp³-hybridized carbons (Fsp3) is 0.111. The average molecular weight is 391 g/mol. The number of sulfone groups is 1. The summed E-state index contributed by atoms with van der Waals surface area (Å²) < 4.78 is 31.6. The van der Waals surface area contributed by atoms with E-state index < -0.39 is 9.84 Å². The van der Waals surface area contributed by atoms with Crippen molar-refractivity contribution in [2.24, 2.45) is 0 Å². The Morgan fingerprint density at radius 3 is 2.22 bits per heavy atom. The van der Waals surface area contributed by atoms with Crippen molar-refractivity contribution in [3.8, 4) is 11.3 Å². The van der Waals surface area contributed by atoms with Gasteiger partial charge in [-0.25, -0.2) is 8.42 Å². The smallest absolute Gasteiger partial charge is 0.185 e. The Bertz CT molecular complexity index is 908. The molecule has 3 nitrogen and oxygen atoms in total. The topological polar surface area (TPSA) is 47.3 Å². The SMILES string of the molecule is Cc1ccc(S(=O)(=O)Cc2ccc(-c3ccc(Br)cc3)o2)cc1. The quantitative estimate of drug-likeness (QED) is 0.630. The van der Waals surface area contributed by atoms with Gasteiger partial charge in [0.1, 0.15) is 17.3 Å². The van der Waals surface area contributed by atoms with E-state index in [1.807, 2.05) is 31.2 Å². The minimum Gasteiger partial charge on any atom is -0.460 e. The fourth-order valence-electron chi connectivity index (χ4n) is 2.24. The summed E-state index contributed by atoms with van der Waals surface area (Å²) in [4.78, 5) is 0.310. The largest absolute Gasteiger partial charge is 0.460 e. The molecule has 0 atom stereocenters. The third-order valence-corrected chi connectivity index (χ3v) is 5.69. The van der Waals surface area contributed by atoms with Crippen LogP contribution in [-0.4, -0.2) is 8.42 Å². The van der Waals surface area contributed by atoms with E-state index in [2.05, 4.69) is 15.9 Å². The van der Waals surface area contributed by atoms with Crippen LogP contribution >= 0.6 is 15.9 Å². The van der Waals surface area contributed by atoms with Gasteiger partial charge in [0.05, 0.1) is 4.90 Å². The van der Waals surface area contributed by atoms with Crippen LogP contribution in [0.15, 0.2) is 74.4 Å². The van der Waals surface area contributed by atoms with E-state index in [4.69, 9.17) is 4.42 Å². The number of hydrogen-bond donors (Lipinski definition) is 0. The van der Waals surface area contributed by atoms with E-state index in [0.29, 0.717) is 16.4 Å². The Balaban J connectivity index is 1.83. The second-order valence-electron chi connectivity index (χ2n) is 5.34. The van der Waals surface area contributed by atoms with E-state index in [-0.39, 0.29) is 5.75 Å². The summed E-state index contributed by atoms with van der Waals surface area (Å²) in [6.07, 6.45) is 0. The first-order chi connectivity index (χ1) is 10.9. The van der Waals surface area contributed by atoms with Crippen LogP contribution < -0.4 is 0 Å². The molecule has 3 rings (SSSR count). The van der Waals surface area contributed by atoms with Crippen molar-refractivity contribution < 1.29 is 12.8 Å². The predicted molar refractivity (Wildman–Crippen MR) is 93.9 cm³/mol. The van der Waals surface area contributed by atoms with Crippen molar-refractivity contribution in [1.29, 1.82) is 0 Å². The molecule has 0 amide bonds. The number of hydrogen-bond acceptors (Lipinski definition) is 3. The molecule has 1 aromatic heterocycles. The lowest BCUT2D eigenvalue weighted by Gasteiger charge is -2.03. The molecule has 0 fully saturated rings. The highest BCUT2D eigenvalue weighted by atomic mass is 79.9. The molecule has 118 valence electrons. The number of halogens is 1. The third-order valence-electron chi connectivity index (χ3n) is 3.50. The molecular weight excluding hydrogens is 376 g/mol. The van der Waals surface area contributed by atoms with Gasteiger partial charge in [0.2, 0.25) is 0 Å². The van der Waals surface area contributed by atoms with E-state index in [1.165, 1.54) is 0 Å². The van der Waals surface area contributed by atoms with Crippen molar-refractivity contribution in [3.05, 3.63) is 76.5 Å². The second-order valence-corrected chi connectivity index (χ2v) is 8.25. The molecule has 0 radical (unpaired) electrons. The minimum atomic E-state index is -3.41. The van der Waals surface area contributed by atoms with Gasteiger partial charge in [-0.1, -0.05) is 45.8 Å². The van der Waals surface area contributed by atoms with Crippen LogP contribution in [-0.2, 0) is 15.6 Å². The van der Waals surface area contributed by atoms with Crippen molar-refractivity contribution in [1.82, 2.24) is 0 Å². The predicted octanol–water partition coefficient (Wildman–Crippen LogP) is 4.99. The monoisotopic (exact) mass is 390 g/mol. The Kier molecular flexibility index (Phi) is 4.41. The normalized spacial score (nSPS) is 11.6. The van der Waals surface area contributed by atoms with Gasteiger partial charge in [-0.05, 0) is 43.3 Å². The molecule has 3 aromatic rings. The van der Waals surface area contributed by atoms with Gasteiger partial charge in [-0.15, -0.1) is 0 Å². The maximum Gasteiger partial charge on any atom is 0.185 e. The summed E-state index contributed by atoms with van der Waals surface area (Å²) >= 11 is 3.38. The van der Waals surface area contributed by atoms with Crippen LogP contribution in [0.3, 0.4) is 0 Å². The lowest BCUT2D eigenvalue weighted by atomic mass is 10.2. The van der Waals surface area contributed by atoms with Gasteiger partial charge in [0.15, 0.2) is 9.84 Å². The second kappa shape index (κ2) is 6.34. The van der Waals surface area contributed by atoms with E-state index in [0.717, 1.165) is 15.6 Å². The highest BCUT2D eigenvalue weighted by molar-refractivity contribution is 9.10. The first kappa shape index (κ1) is 16.0. The number of aryl methyl sites for hydroxylation is 1. The number of furan rings is 1. The zero-order valence-corrected chi connectivity index (χ0v) is 14.9. The van der Waals surface area contributed by atoms with Gasteiger partial charge in [-0.3, -0.25) is 0 Å². The Hall–Kier alpha value is -1.85. The Morgan fingerprint density at radius 2 is 1.57 bits per heavy atom. The van der Waals surface area contributed by atoms with Crippen LogP contribution in [0, 0.1) is 6.92 Å². The van der Waals surface area contributed by atoms with Crippen LogP contribution in [0.2, 0.25) is 0 Å². The van der Waals surface area contributed by atoms with Crippen LogP contribution in [0.25, 0.3) is 11.3 Å². The van der Waals surface area contributed by atoms with Gasteiger partial charge < -0.3 is 4.42 Å². The van der Waals surface area contributed by atoms with E-state index >= 15 is 0 Å². The van der Waals surface area contributed by atoms with Gasteiger partial charge in [0.25, 0.3) is 0 Å². The summed E-state index contributed by atoms with van der Waals surface area (Å²) in [5.74, 6) is 0.946. The third kappa shape index (κ3) is 3.74. The molecule has 5 heteroatoms. The fourth-order valence-corrected chi connectivity index (χ4v) is 3.75. The van der Waals surface area contributed by atoms with Crippen molar-refractivity contribution in [2.45, 2.75) is 17.6 Å². The molecule has 0 aliphatic rings. The van der Waals surface area contributed by atoms with Crippen molar-refractivity contribution >= 4 is 25.8 Å². The maximum absolute atomic E-state index is 12.4. The lowest BCUT2D eigenvalue weighted by Crippen LogP contribution is -2.04. The summed E-state index contributed by atoms with van der Waals surface area (Å²) in [7, 11) is -3.41. The molecule has 1 heterocycles. The average Bonchev–Trinajstić information content (AvgIpc) is 2.96. The van der Waals surface area contributed by atoms with Gasteiger partial charge >= 0.3 is 0 Å². The first-order valence-corrected chi connectivity index (χ1v) is 9.53. The molecule has 0 unspecified atom stereocenters. The van der Waals surface area contributed by atoms with Gasteiger partial charge in [0, 0.05) is 10.0 Å². The molecule has 0 spiro atoms. The molecule has 0 N–H and O–H groups in total. The lowest BCUT2D eigenvalue weighted by molar-refractivity contribution is 0.532. The first-order valence-electron chi connectivity index (χ1n) is 7.08. The number of benzene rings is 2. The highest BCUT2D eigenvalue weighted by Crippen LogP contribution is 2.26. The standard InChI is InChI=1S/C18H15BrO3S/c1-13-2-9-17(10-3-13)23(20,21)12-16-8-11-18(22-16)14-4-6-15(19)7-5-14/h2-11H,12H2,1H3. The molecule has 2 aromatic carbocycles. The van der Waals surface area contributed by atoms with Crippen LogP contribution in [0.1, 0.15) is 11.3 Å². The van der Waals surface area contributed by atoms with Crippen LogP contribution in [0.4, 0.5) is 0 Å². The number of rotatable bonds is 4. The van der Waals surface area contributed by atoms with Crippen molar-refractivity contribution in [3.63, 3.8) is 0 Å². The van der Waals surface area contributed by atoms with Crippen molar-refractivity contribution in [2.75, 3.05) is 0 Å². The molecule has 0 bridgehead atoms. The Labute approximate surface area is 144 Å². The van der Waals surface area contributed by atoms with E-state index in [1.54, 1.807) is 36.4 Å². The summed E-state index contributed by atoms with van der Waals surface area (Å²) in [6, 6.07) is 18.0. The van der Waals surface area contributed by atoms with Gasteiger partial charge in [-0.2, -0.15) is 0 Å². The maximum atomic E-state index is 12.4. The zero-order chi connectivity index (χ0) is 16.4. The molecule has 0 saturated carbocycles. The summed E-state index contributed by atoms with van der Waals surface area (Å²) in [6.45, 7) is 1.92. The highest BCUT2D eigenvalue weighted by Gasteiger charge is 2.18. The summed E-state index contributed by atoms with van der Waals surface area (Å²) in [5.41, 5.74) is 1.94. The zero-order valence-electron chi connectivity index (χ0n) is 12.5. The minimum absolute atomic E-state index is 0.146. The van der Waals surface area contributed by atoms with E-state index in [9.17, 15) is 8.42 Å².